The number of hydrogen-bond acceptors (Lipinski definition) is 4. The van der Waals surface area contributed by atoms with Gasteiger partial charge >= 0.3 is 0 Å². The average molecular weight is 281 g/mol. The zero-order valence-corrected chi connectivity index (χ0v) is 13.2. The van der Waals surface area contributed by atoms with E-state index in [4.69, 9.17) is 9.47 Å². The van der Waals surface area contributed by atoms with Crippen molar-refractivity contribution >= 4 is 0 Å². The molecule has 1 N–H and O–H groups in total. The largest absolute Gasteiger partial charge is 0.497 e. The van der Waals surface area contributed by atoms with Gasteiger partial charge in [-0.2, -0.15) is 0 Å². The minimum Gasteiger partial charge on any atom is -0.497 e. The molecule has 1 rings (SSSR count). The van der Waals surface area contributed by atoms with Crippen LogP contribution < -0.4 is 4.74 Å². The maximum atomic E-state index is 10.5. The molecule has 2 atom stereocenters. The molecule has 0 saturated heterocycles. The Hall–Kier alpha value is -1.10. The van der Waals surface area contributed by atoms with Gasteiger partial charge in [0, 0.05) is 25.7 Å². The zero-order chi connectivity index (χ0) is 15.1. The molecule has 0 aliphatic carbocycles. The number of ether oxygens (including phenoxy) is 2. The summed E-state index contributed by atoms with van der Waals surface area (Å²) in [7, 11) is 3.34. The Morgan fingerprint density at radius 2 is 1.70 bits per heavy atom. The number of hydrogen-bond donors (Lipinski definition) is 1. The van der Waals surface area contributed by atoms with Crippen molar-refractivity contribution in [3.8, 4) is 5.75 Å². The first kappa shape index (κ1) is 17.0. The Labute approximate surface area is 122 Å². The fourth-order valence-electron chi connectivity index (χ4n) is 2.39. The first-order chi connectivity index (χ1) is 9.51. The fourth-order valence-corrected chi connectivity index (χ4v) is 2.39. The highest BCUT2D eigenvalue weighted by atomic mass is 16.5. The fraction of sp³-hybridized carbons (Fsp3) is 0.625. The smallest absolute Gasteiger partial charge is 0.118 e. The van der Waals surface area contributed by atoms with Gasteiger partial charge in [-0.3, -0.25) is 4.90 Å². The number of aliphatic hydroxyl groups is 1. The molecular formula is C16H27NO3. The van der Waals surface area contributed by atoms with Gasteiger partial charge in [-0.15, -0.1) is 0 Å². The van der Waals surface area contributed by atoms with Crippen LogP contribution in [0.2, 0.25) is 0 Å². The lowest BCUT2D eigenvalue weighted by Gasteiger charge is -2.35. The summed E-state index contributed by atoms with van der Waals surface area (Å²) in [5, 5.41) is 10.5. The molecular weight excluding hydrogens is 254 g/mol. The van der Waals surface area contributed by atoms with Crippen molar-refractivity contribution in [2.45, 2.75) is 39.0 Å². The molecule has 0 aromatic heterocycles. The number of rotatable bonds is 8. The molecule has 0 heterocycles. The van der Waals surface area contributed by atoms with Crippen molar-refractivity contribution in [3.05, 3.63) is 29.8 Å². The Morgan fingerprint density at radius 1 is 1.10 bits per heavy atom. The van der Waals surface area contributed by atoms with Crippen LogP contribution in [0.25, 0.3) is 0 Å². The standard InChI is InChI=1S/C16H27NO3/c1-12(2)17(10-11-19-4)13(3)16(18)14-6-8-15(20-5)9-7-14/h6-9,12-13,16,18H,10-11H2,1-5H3. The van der Waals surface area contributed by atoms with E-state index in [0.29, 0.717) is 12.6 Å². The second-order valence-electron chi connectivity index (χ2n) is 5.28. The van der Waals surface area contributed by atoms with E-state index < -0.39 is 6.10 Å². The summed E-state index contributed by atoms with van der Waals surface area (Å²) >= 11 is 0. The third kappa shape index (κ3) is 4.47. The molecule has 114 valence electrons. The summed E-state index contributed by atoms with van der Waals surface area (Å²) in [6.45, 7) is 7.78. The molecule has 0 saturated carbocycles. The van der Waals surface area contributed by atoms with Crippen molar-refractivity contribution in [3.63, 3.8) is 0 Å². The van der Waals surface area contributed by atoms with Crippen LogP contribution in [0.5, 0.6) is 5.75 Å². The quantitative estimate of drug-likeness (QED) is 0.795. The molecule has 20 heavy (non-hydrogen) atoms. The number of aliphatic hydroxyl groups excluding tert-OH is 1. The van der Waals surface area contributed by atoms with Gasteiger partial charge in [-0.1, -0.05) is 12.1 Å². The molecule has 2 unspecified atom stereocenters. The highest BCUT2D eigenvalue weighted by Crippen LogP contribution is 2.24. The van der Waals surface area contributed by atoms with E-state index in [-0.39, 0.29) is 6.04 Å². The second-order valence-corrected chi connectivity index (χ2v) is 5.28. The molecule has 1 aromatic carbocycles. The van der Waals surface area contributed by atoms with Crippen LogP contribution in [0.4, 0.5) is 0 Å². The van der Waals surface area contributed by atoms with E-state index in [9.17, 15) is 5.11 Å². The third-order valence-corrected chi connectivity index (χ3v) is 3.65. The summed E-state index contributed by atoms with van der Waals surface area (Å²) in [5.74, 6) is 0.800. The Kier molecular flexibility index (Phi) is 6.99. The third-order valence-electron chi connectivity index (χ3n) is 3.65. The average Bonchev–Trinajstić information content (AvgIpc) is 2.46. The maximum Gasteiger partial charge on any atom is 0.118 e. The number of benzene rings is 1. The zero-order valence-electron chi connectivity index (χ0n) is 13.2. The van der Waals surface area contributed by atoms with Crippen LogP contribution in [-0.4, -0.2) is 49.5 Å². The van der Waals surface area contributed by atoms with Gasteiger partial charge in [0.25, 0.3) is 0 Å². The number of methoxy groups -OCH3 is 2. The lowest BCUT2D eigenvalue weighted by atomic mass is 10.0. The summed E-state index contributed by atoms with van der Waals surface area (Å²) in [5.41, 5.74) is 0.904. The van der Waals surface area contributed by atoms with Crippen molar-refractivity contribution in [2.75, 3.05) is 27.4 Å². The summed E-state index contributed by atoms with van der Waals surface area (Å²) < 4.78 is 10.3. The van der Waals surface area contributed by atoms with Gasteiger partial charge in [0.15, 0.2) is 0 Å². The van der Waals surface area contributed by atoms with E-state index >= 15 is 0 Å². The minimum atomic E-state index is -0.528. The SMILES string of the molecule is COCCN(C(C)C)C(C)C(O)c1ccc(OC)cc1. The number of nitrogens with zero attached hydrogens (tertiary/aromatic N) is 1. The topological polar surface area (TPSA) is 41.9 Å². The van der Waals surface area contributed by atoms with Gasteiger partial charge in [0.1, 0.15) is 5.75 Å². The van der Waals surface area contributed by atoms with Gasteiger partial charge in [0.05, 0.1) is 19.8 Å². The molecule has 4 nitrogen and oxygen atoms in total. The van der Waals surface area contributed by atoms with Gasteiger partial charge in [-0.25, -0.2) is 0 Å². The van der Waals surface area contributed by atoms with E-state index in [1.165, 1.54) is 0 Å². The van der Waals surface area contributed by atoms with Crippen LogP contribution in [0.15, 0.2) is 24.3 Å². The van der Waals surface area contributed by atoms with E-state index in [2.05, 4.69) is 18.7 Å². The van der Waals surface area contributed by atoms with E-state index in [0.717, 1.165) is 17.9 Å². The van der Waals surface area contributed by atoms with Gasteiger partial charge in [0.2, 0.25) is 0 Å². The van der Waals surface area contributed by atoms with Crippen LogP contribution in [-0.2, 0) is 4.74 Å². The highest BCUT2D eigenvalue weighted by Gasteiger charge is 2.24. The van der Waals surface area contributed by atoms with Crippen molar-refractivity contribution in [2.24, 2.45) is 0 Å². The lowest BCUT2D eigenvalue weighted by molar-refractivity contribution is 0.0245. The van der Waals surface area contributed by atoms with Crippen LogP contribution in [0.1, 0.15) is 32.4 Å². The van der Waals surface area contributed by atoms with Crippen molar-refractivity contribution in [1.29, 1.82) is 0 Å². The Morgan fingerprint density at radius 3 is 2.15 bits per heavy atom. The summed E-state index contributed by atoms with van der Waals surface area (Å²) in [6.07, 6.45) is -0.528. The van der Waals surface area contributed by atoms with Crippen molar-refractivity contribution in [1.82, 2.24) is 4.90 Å². The Bertz CT molecular complexity index is 378. The van der Waals surface area contributed by atoms with Crippen LogP contribution in [0.3, 0.4) is 0 Å². The molecule has 0 aliphatic heterocycles. The monoisotopic (exact) mass is 281 g/mol. The van der Waals surface area contributed by atoms with Gasteiger partial charge in [-0.05, 0) is 38.5 Å². The predicted octanol–water partition coefficient (Wildman–Crippen LogP) is 2.47. The predicted molar refractivity (Wildman–Crippen MR) is 81.1 cm³/mol. The molecule has 0 amide bonds. The molecule has 0 aliphatic rings. The lowest BCUT2D eigenvalue weighted by Crippen LogP contribution is -2.44. The normalized spacial score (nSPS) is 14.6. The minimum absolute atomic E-state index is 0.0264. The molecule has 4 heteroatoms. The molecule has 0 bridgehead atoms. The van der Waals surface area contributed by atoms with Gasteiger partial charge < -0.3 is 14.6 Å². The molecule has 0 spiro atoms. The highest BCUT2D eigenvalue weighted by molar-refractivity contribution is 5.29. The van der Waals surface area contributed by atoms with Crippen molar-refractivity contribution < 1.29 is 14.6 Å². The first-order valence-corrected chi connectivity index (χ1v) is 7.08. The van der Waals surface area contributed by atoms with Crippen LogP contribution in [0, 0.1) is 0 Å². The molecule has 0 radical (unpaired) electrons. The van der Waals surface area contributed by atoms with E-state index in [1.807, 2.05) is 31.2 Å². The Balaban J connectivity index is 2.78. The molecule has 0 fully saturated rings. The molecule has 1 aromatic rings. The summed E-state index contributed by atoms with van der Waals surface area (Å²) in [4.78, 5) is 2.25. The van der Waals surface area contributed by atoms with E-state index in [1.54, 1.807) is 14.2 Å². The van der Waals surface area contributed by atoms with Crippen LogP contribution >= 0.6 is 0 Å². The first-order valence-electron chi connectivity index (χ1n) is 7.08. The second kappa shape index (κ2) is 8.25. The maximum absolute atomic E-state index is 10.5. The summed E-state index contributed by atoms with van der Waals surface area (Å²) in [6, 6.07) is 7.95.